The topological polar surface area (TPSA) is 61.1 Å². The lowest BCUT2D eigenvalue weighted by Crippen LogP contribution is -2.32. The van der Waals surface area contributed by atoms with Crippen LogP contribution in [0.1, 0.15) is 37.9 Å². The van der Waals surface area contributed by atoms with E-state index in [1.807, 2.05) is 30.3 Å². The van der Waals surface area contributed by atoms with E-state index in [2.05, 4.69) is 5.32 Å². The minimum absolute atomic E-state index is 0.0469. The van der Waals surface area contributed by atoms with E-state index < -0.39 is 0 Å². The summed E-state index contributed by atoms with van der Waals surface area (Å²) in [6.07, 6.45) is 6.53. The number of nitrogens with one attached hydrogen (secondary N) is 1. The van der Waals surface area contributed by atoms with Crippen molar-refractivity contribution in [2.45, 2.75) is 51.2 Å². The summed E-state index contributed by atoms with van der Waals surface area (Å²) in [7, 11) is 0. The quantitative estimate of drug-likeness (QED) is 0.892. The van der Waals surface area contributed by atoms with Crippen LogP contribution < -0.4 is 11.0 Å². The summed E-state index contributed by atoms with van der Waals surface area (Å²) in [5, 5.41) is 8.15. The van der Waals surface area contributed by atoms with E-state index in [4.69, 9.17) is 9.84 Å². The molecule has 1 N–H and O–H groups in total. The molecule has 2 aromatic rings. The summed E-state index contributed by atoms with van der Waals surface area (Å²) in [5.41, 5.74) is 0.853. The van der Waals surface area contributed by atoms with Crippen LogP contribution in [0.15, 0.2) is 35.1 Å². The Morgan fingerprint density at radius 1 is 1.12 bits per heavy atom. The van der Waals surface area contributed by atoms with Gasteiger partial charge in [-0.25, -0.2) is 14.0 Å². The van der Waals surface area contributed by atoms with Gasteiger partial charge in [0, 0.05) is 13.0 Å². The van der Waals surface area contributed by atoms with Crippen molar-refractivity contribution in [3.8, 4) is 5.69 Å². The first-order valence-electron chi connectivity index (χ1n) is 9.88. The number of para-hydroxylation sites is 1. The van der Waals surface area contributed by atoms with Gasteiger partial charge in [0.05, 0.1) is 18.3 Å². The zero-order chi connectivity index (χ0) is 17.8. The summed E-state index contributed by atoms with van der Waals surface area (Å²) in [5.74, 6) is 1.46. The molecule has 0 spiro atoms. The van der Waals surface area contributed by atoms with Gasteiger partial charge >= 0.3 is 5.69 Å². The second-order valence-electron chi connectivity index (χ2n) is 7.44. The maximum absolute atomic E-state index is 13.1. The lowest BCUT2D eigenvalue weighted by atomic mass is 9.94. The fourth-order valence-electron chi connectivity index (χ4n) is 4.03. The zero-order valence-electron chi connectivity index (χ0n) is 15.3. The van der Waals surface area contributed by atoms with Crippen molar-refractivity contribution in [1.29, 1.82) is 0 Å². The first kappa shape index (κ1) is 17.5. The molecule has 26 heavy (non-hydrogen) atoms. The van der Waals surface area contributed by atoms with Crippen LogP contribution in [-0.2, 0) is 17.7 Å². The highest BCUT2D eigenvalue weighted by molar-refractivity contribution is 5.32. The SMILES string of the molecule is O=c1n(C[C@@H]2CCCCO2)nc(CC2CCNCC2)n1-c1ccccc1. The predicted octanol–water partition coefficient (Wildman–Crippen LogP) is 2.15. The van der Waals surface area contributed by atoms with Gasteiger partial charge in [-0.05, 0) is 63.2 Å². The molecule has 0 amide bonds. The Labute approximate surface area is 154 Å². The van der Waals surface area contributed by atoms with Crippen LogP contribution in [0, 0.1) is 5.92 Å². The number of ether oxygens (including phenoxy) is 1. The van der Waals surface area contributed by atoms with E-state index in [0.717, 1.165) is 63.3 Å². The van der Waals surface area contributed by atoms with Crippen LogP contribution in [-0.4, -0.2) is 40.1 Å². The normalized spacial score (nSPS) is 21.8. The molecule has 0 radical (unpaired) electrons. The van der Waals surface area contributed by atoms with Crippen molar-refractivity contribution in [2.75, 3.05) is 19.7 Å². The fraction of sp³-hybridized carbons (Fsp3) is 0.600. The first-order chi connectivity index (χ1) is 12.8. The van der Waals surface area contributed by atoms with E-state index in [1.54, 1.807) is 9.25 Å². The lowest BCUT2D eigenvalue weighted by Gasteiger charge is -2.22. The van der Waals surface area contributed by atoms with Crippen molar-refractivity contribution >= 4 is 0 Å². The van der Waals surface area contributed by atoms with Gasteiger partial charge in [0.15, 0.2) is 0 Å². The van der Waals surface area contributed by atoms with Gasteiger partial charge in [-0.3, -0.25) is 0 Å². The largest absolute Gasteiger partial charge is 0.376 e. The third kappa shape index (κ3) is 3.91. The molecule has 2 saturated heterocycles. The Bertz CT molecular complexity index is 756. The molecular formula is C20H28N4O2. The molecule has 2 aliphatic rings. The molecule has 2 aliphatic heterocycles. The van der Waals surface area contributed by atoms with E-state index in [9.17, 15) is 4.79 Å². The zero-order valence-corrected chi connectivity index (χ0v) is 15.3. The third-order valence-electron chi connectivity index (χ3n) is 5.50. The smallest absolute Gasteiger partial charge is 0.350 e. The van der Waals surface area contributed by atoms with Gasteiger partial charge in [0.25, 0.3) is 0 Å². The van der Waals surface area contributed by atoms with Crippen LogP contribution in [0.4, 0.5) is 0 Å². The maximum atomic E-state index is 13.1. The Kier molecular flexibility index (Phi) is 5.51. The second kappa shape index (κ2) is 8.18. The maximum Gasteiger partial charge on any atom is 0.350 e. The molecule has 0 unspecified atom stereocenters. The van der Waals surface area contributed by atoms with Gasteiger partial charge in [0.1, 0.15) is 5.82 Å². The van der Waals surface area contributed by atoms with Gasteiger partial charge in [-0.1, -0.05) is 18.2 Å². The summed E-state index contributed by atoms with van der Waals surface area (Å²) in [6, 6.07) is 9.88. The van der Waals surface area contributed by atoms with Gasteiger partial charge in [-0.15, -0.1) is 0 Å². The highest BCUT2D eigenvalue weighted by Gasteiger charge is 2.23. The molecular weight excluding hydrogens is 328 g/mol. The number of rotatable bonds is 5. The first-order valence-corrected chi connectivity index (χ1v) is 9.88. The lowest BCUT2D eigenvalue weighted by molar-refractivity contribution is 0.00327. The molecule has 6 nitrogen and oxygen atoms in total. The predicted molar refractivity (Wildman–Crippen MR) is 101 cm³/mol. The molecule has 140 valence electrons. The highest BCUT2D eigenvalue weighted by atomic mass is 16.5. The Morgan fingerprint density at radius 3 is 2.65 bits per heavy atom. The molecule has 1 aromatic heterocycles. The van der Waals surface area contributed by atoms with Crippen LogP contribution in [0.3, 0.4) is 0 Å². The molecule has 1 aromatic carbocycles. The fourth-order valence-corrected chi connectivity index (χ4v) is 4.03. The molecule has 3 heterocycles. The minimum atomic E-state index is -0.0469. The van der Waals surface area contributed by atoms with Crippen LogP contribution in [0.5, 0.6) is 0 Å². The summed E-state index contributed by atoms with van der Waals surface area (Å²) < 4.78 is 9.25. The van der Waals surface area contributed by atoms with Gasteiger partial charge in [0.2, 0.25) is 0 Å². The standard InChI is InChI=1S/C20H28N4O2/c25-20-23(15-18-8-4-5-13-26-18)22-19(14-16-9-11-21-12-10-16)24(20)17-6-2-1-3-7-17/h1-3,6-7,16,18,21H,4-5,8-15H2/t18-/m0/s1. The molecule has 1 atom stereocenters. The van der Waals surface area contributed by atoms with Crippen LogP contribution >= 0.6 is 0 Å². The monoisotopic (exact) mass is 356 g/mol. The van der Waals surface area contributed by atoms with Gasteiger partial charge < -0.3 is 10.1 Å². The second-order valence-corrected chi connectivity index (χ2v) is 7.44. The van der Waals surface area contributed by atoms with Crippen LogP contribution in [0.2, 0.25) is 0 Å². The molecule has 2 fully saturated rings. The molecule has 0 aliphatic carbocycles. The summed E-state index contributed by atoms with van der Waals surface area (Å²) in [6.45, 7) is 3.45. The number of nitrogens with zero attached hydrogens (tertiary/aromatic N) is 3. The van der Waals surface area contributed by atoms with E-state index in [1.165, 1.54) is 6.42 Å². The van der Waals surface area contributed by atoms with E-state index >= 15 is 0 Å². The van der Waals surface area contributed by atoms with Crippen LogP contribution in [0.25, 0.3) is 5.69 Å². The van der Waals surface area contributed by atoms with E-state index in [-0.39, 0.29) is 11.8 Å². The van der Waals surface area contributed by atoms with Gasteiger partial charge in [-0.2, -0.15) is 5.10 Å². The molecule has 0 bridgehead atoms. The van der Waals surface area contributed by atoms with Crippen molar-refractivity contribution in [3.63, 3.8) is 0 Å². The third-order valence-corrected chi connectivity index (χ3v) is 5.50. The number of aromatic nitrogens is 3. The Morgan fingerprint density at radius 2 is 1.92 bits per heavy atom. The molecule has 4 rings (SSSR count). The number of hydrogen-bond donors (Lipinski definition) is 1. The Hall–Kier alpha value is -1.92. The number of hydrogen-bond acceptors (Lipinski definition) is 4. The minimum Gasteiger partial charge on any atom is -0.376 e. The molecule has 6 heteroatoms. The number of benzene rings is 1. The van der Waals surface area contributed by atoms with Crippen molar-refractivity contribution in [2.24, 2.45) is 5.92 Å². The summed E-state index contributed by atoms with van der Waals surface area (Å²) >= 11 is 0. The highest BCUT2D eigenvalue weighted by Crippen LogP contribution is 2.19. The Balaban J connectivity index is 1.63. The van der Waals surface area contributed by atoms with Crippen molar-refractivity contribution in [3.05, 3.63) is 46.6 Å². The van der Waals surface area contributed by atoms with Crippen molar-refractivity contribution < 1.29 is 4.74 Å². The van der Waals surface area contributed by atoms with Crippen molar-refractivity contribution in [1.82, 2.24) is 19.7 Å². The average molecular weight is 356 g/mol. The molecule has 0 saturated carbocycles. The number of piperidine rings is 1. The van der Waals surface area contributed by atoms with E-state index in [0.29, 0.717) is 12.5 Å². The average Bonchev–Trinajstić information content (AvgIpc) is 2.99. The summed E-state index contributed by atoms with van der Waals surface area (Å²) in [4.78, 5) is 13.1.